The number of hydrogen-bond acceptors (Lipinski definition) is 3. The summed E-state index contributed by atoms with van der Waals surface area (Å²) in [4.78, 5) is 10.6. The molecule has 0 aliphatic rings. The maximum absolute atomic E-state index is 10.6. The van der Waals surface area contributed by atoms with E-state index in [9.17, 15) is 4.79 Å². The largest absolute Gasteiger partial charge is 0.504 e. The quantitative estimate of drug-likeness (QED) is 0.661. The van der Waals surface area contributed by atoms with Crippen molar-refractivity contribution in [2.45, 2.75) is 12.8 Å². The summed E-state index contributed by atoms with van der Waals surface area (Å²) in [6, 6.07) is 3.98. The van der Waals surface area contributed by atoms with Crippen LogP contribution in [-0.4, -0.2) is 21.3 Å². The molecule has 0 saturated carbocycles. The molecule has 0 bridgehead atoms. The van der Waals surface area contributed by atoms with Gasteiger partial charge in [0.2, 0.25) is 0 Å². The molecule has 0 amide bonds. The fourth-order valence-corrected chi connectivity index (χ4v) is 0.952. The zero-order valence-electron chi connectivity index (χ0n) is 7.47. The molecule has 0 aliphatic carbocycles. The summed E-state index contributed by atoms with van der Waals surface area (Å²) in [5, 5.41) is 26.7. The van der Waals surface area contributed by atoms with Gasteiger partial charge in [0.25, 0.3) is 0 Å². The molecule has 0 heterocycles. The van der Waals surface area contributed by atoms with Crippen molar-refractivity contribution in [3.8, 4) is 11.5 Å². The average molecular weight is 219 g/mol. The van der Waals surface area contributed by atoms with E-state index in [-0.39, 0.29) is 23.9 Å². The summed E-state index contributed by atoms with van der Waals surface area (Å²) >= 11 is 0. The number of carbonyl (C=O) groups is 1. The smallest absolute Gasteiger partial charge is 0.310 e. The van der Waals surface area contributed by atoms with Crippen LogP contribution in [0.1, 0.15) is 18.4 Å². The third-order valence-electron chi connectivity index (χ3n) is 1.87. The number of phenols is 2. The lowest BCUT2D eigenvalue weighted by molar-refractivity contribution is -0.138. The molecule has 5 heteroatoms. The number of hydrogen-bond donors (Lipinski definition) is 3. The van der Waals surface area contributed by atoms with Crippen LogP contribution in [0.25, 0.3) is 0 Å². The summed E-state index contributed by atoms with van der Waals surface area (Å²) < 4.78 is 0. The first-order valence-electron chi connectivity index (χ1n) is 3.77. The Labute approximate surface area is 87.2 Å². The van der Waals surface area contributed by atoms with Crippen molar-refractivity contribution >= 4 is 18.4 Å². The lowest BCUT2D eigenvalue weighted by atomic mass is 10.0. The van der Waals surface area contributed by atoms with Gasteiger partial charge in [0, 0.05) is 0 Å². The standard InChI is InChI=1S/C9H10O4.ClH/c1-5(9(12)13)6-2-3-7(10)8(11)4-6;/h2-5,10-11H,1H3,(H,12,13);1H. The fourth-order valence-electron chi connectivity index (χ4n) is 0.952. The first-order valence-corrected chi connectivity index (χ1v) is 3.77. The molecular formula is C9H11ClO4. The van der Waals surface area contributed by atoms with Crippen LogP contribution in [0.5, 0.6) is 11.5 Å². The van der Waals surface area contributed by atoms with Crippen molar-refractivity contribution < 1.29 is 20.1 Å². The molecule has 1 aromatic carbocycles. The van der Waals surface area contributed by atoms with Crippen molar-refractivity contribution in [2.75, 3.05) is 0 Å². The van der Waals surface area contributed by atoms with E-state index in [0.717, 1.165) is 0 Å². The van der Waals surface area contributed by atoms with Gasteiger partial charge in [0.1, 0.15) is 0 Å². The van der Waals surface area contributed by atoms with Crippen LogP contribution in [0.3, 0.4) is 0 Å². The van der Waals surface area contributed by atoms with Gasteiger partial charge in [-0.25, -0.2) is 0 Å². The predicted octanol–water partition coefficient (Wildman–Crippen LogP) is 1.71. The summed E-state index contributed by atoms with van der Waals surface area (Å²) in [6.07, 6.45) is 0. The number of benzene rings is 1. The highest BCUT2D eigenvalue weighted by Crippen LogP contribution is 2.28. The Bertz CT molecular complexity index is 338. The van der Waals surface area contributed by atoms with Crippen LogP contribution < -0.4 is 0 Å². The van der Waals surface area contributed by atoms with Crippen LogP contribution in [0, 0.1) is 0 Å². The lowest BCUT2D eigenvalue weighted by Crippen LogP contribution is -2.06. The van der Waals surface area contributed by atoms with Crippen molar-refractivity contribution in [3.05, 3.63) is 23.8 Å². The number of phenolic OH excluding ortho intramolecular Hbond substituents is 2. The zero-order valence-corrected chi connectivity index (χ0v) is 8.28. The summed E-state index contributed by atoms with van der Waals surface area (Å²) in [6.45, 7) is 1.51. The van der Waals surface area contributed by atoms with E-state index in [4.69, 9.17) is 15.3 Å². The second-order valence-corrected chi connectivity index (χ2v) is 2.81. The Hall–Kier alpha value is -1.42. The van der Waals surface area contributed by atoms with E-state index in [2.05, 4.69) is 0 Å². The molecule has 0 saturated heterocycles. The summed E-state index contributed by atoms with van der Waals surface area (Å²) in [7, 11) is 0. The van der Waals surface area contributed by atoms with Gasteiger partial charge in [-0.15, -0.1) is 12.4 Å². The van der Waals surface area contributed by atoms with Crippen molar-refractivity contribution in [2.24, 2.45) is 0 Å². The molecule has 1 aromatic rings. The van der Waals surface area contributed by atoms with E-state index in [1.54, 1.807) is 0 Å². The monoisotopic (exact) mass is 218 g/mol. The minimum atomic E-state index is -0.968. The van der Waals surface area contributed by atoms with Crippen molar-refractivity contribution in [1.82, 2.24) is 0 Å². The van der Waals surface area contributed by atoms with Gasteiger partial charge in [-0.2, -0.15) is 0 Å². The van der Waals surface area contributed by atoms with Gasteiger partial charge in [-0.05, 0) is 24.6 Å². The maximum Gasteiger partial charge on any atom is 0.310 e. The van der Waals surface area contributed by atoms with E-state index >= 15 is 0 Å². The maximum atomic E-state index is 10.6. The molecule has 78 valence electrons. The molecule has 0 aliphatic heterocycles. The third kappa shape index (κ3) is 2.53. The molecule has 14 heavy (non-hydrogen) atoms. The van der Waals surface area contributed by atoms with Gasteiger partial charge in [-0.3, -0.25) is 4.79 Å². The Balaban J connectivity index is 0.00000169. The molecule has 4 nitrogen and oxygen atoms in total. The molecule has 1 atom stereocenters. The molecule has 0 radical (unpaired) electrons. The van der Waals surface area contributed by atoms with Gasteiger partial charge in [0.15, 0.2) is 11.5 Å². The van der Waals surface area contributed by atoms with Crippen LogP contribution in [0.2, 0.25) is 0 Å². The van der Waals surface area contributed by atoms with Gasteiger partial charge >= 0.3 is 5.97 Å². The second-order valence-electron chi connectivity index (χ2n) is 2.81. The number of aliphatic carboxylic acids is 1. The first kappa shape index (κ1) is 12.6. The highest BCUT2D eigenvalue weighted by Gasteiger charge is 2.14. The molecule has 1 rings (SSSR count). The van der Waals surface area contributed by atoms with E-state index < -0.39 is 11.9 Å². The molecule has 3 N–H and O–H groups in total. The van der Waals surface area contributed by atoms with Gasteiger partial charge in [-0.1, -0.05) is 6.07 Å². The number of halogens is 1. The van der Waals surface area contributed by atoms with Crippen molar-refractivity contribution in [3.63, 3.8) is 0 Å². The molecule has 1 unspecified atom stereocenters. The van der Waals surface area contributed by atoms with Crippen molar-refractivity contribution in [1.29, 1.82) is 0 Å². The lowest BCUT2D eigenvalue weighted by Gasteiger charge is -2.07. The zero-order chi connectivity index (χ0) is 10.0. The minimum Gasteiger partial charge on any atom is -0.504 e. The van der Waals surface area contributed by atoms with E-state index in [0.29, 0.717) is 5.56 Å². The van der Waals surface area contributed by atoms with E-state index in [1.807, 2.05) is 0 Å². The van der Waals surface area contributed by atoms with Crippen LogP contribution in [-0.2, 0) is 4.79 Å². The molecule has 0 aromatic heterocycles. The Kier molecular flexibility index (Phi) is 4.24. The molecule has 0 spiro atoms. The molecular weight excluding hydrogens is 208 g/mol. The first-order chi connectivity index (χ1) is 6.02. The van der Waals surface area contributed by atoms with E-state index in [1.165, 1.54) is 25.1 Å². The topological polar surface area (TPSA) is 77.8 Å². The Morgan fingerprint density at radius 1 is 1.29 bits per heavy atom. The van der Waals surface area contributed by atoms with Crippen LogP contribution >= 0.6 is 12.4 Å². The molecule has 0 fully saturated rings. The third-order valence-corrected chi connectivity index (χ3v) is 1.87. The highest BCUT2D eigenvalue weighted by atomic mass is 35.5. The van der Waals surface area contributed by atoms with Crippen LogP contribution in [0.4, 0.5) is 0 Å². The number of rotatable bonds is 2. The highest BCUT2D eigenvalue weighted by molar-refractivity contribution is 5.85. The number of aromatic hydroxyl groups is 2. The van der Waals surface area contributed by atoms with Crippen LogP contribution in [0.15, 0.2) is 18.2 Å². The summed E-state index contributed by atoms with van der Waals surface area (Å²) in [5.74, 6) is -2.21. The minimum absolute atomic E-state index is 0. The second kappa shape index (κ2) is 4.72. The van der Waals surface area contributed by atoms with Gasteiger partial charge in [0.05, 0.1) is 5.92 Å². The number of carboxylic acids is 1. The van der Waals surface area contributed by atoms with Gasteiger partial charge < -0.3 is 15.3 Å². The normalized spacial score (nSPS) is 11.5. The Morgan fingerprint density at radius 2 is 1.86 bits per heavy atom. The number of carboxylic acid groups (broad SMARTS) is 1. The summed E-state index contributed by atoms with van der Waals surface area (Å²) in [5.41, 5.74) is 0.461. The fraction of sp³-hybridized carbons (Fsp3) is 0.222. The Morgan fingerprint density at radius 3 is 2.29 bits per heavy atom. The SMILES string of the molecule is CC(C(=O)O)c1ccc(O)c(O)c1.Cl. The predicted molar refractivity (Wildman–Crippen MR) is 53.1 cm³/mol. The average Bonchev–Trinajstić information content (AvgIpc) is 2.08.